The third-order valence-electron chi connectivity index (χ3n) is 3.21. The Kier molecular flexibility index (Phi) is 4.01. The van der Waals surface area contributed by atoms with Crippen LogP contribution in [0.15, 0.2) is 24.3 Å². The van der Waals surface area contributed by atoms with E-state index in [-0.39, 0.29) is 5.91 Å². The smallest absolute Gasteiger partial charge is 0.282 e. The van der Waals surface area contributed by atoms with Gasteiger partial charge in [0.05, 0.1) is 7.11 Å². The molecule has 0 saturated carbocycles. The standard InChI is InChI=1S/C14H15N5O2S/c1-9-16-17-14-19(9)18-13(22-14)12(20)15-8-7-10-5-3-4-6-11(10)21-2/h3-6H,7-8H2,1-2H3,(H,15,20). The van der Waals surface area contributed by atoms with Crippen molar-refractivity contribution in [2.24, 2.45) is 0 Å². The summed E-state index contributed by atoms with van der Waals surface area (Å²) in [5.74, 6) is 1.29. The third-order valence-corrected chi connectivity index (χ3v) is 4.11. The number of benzene rings is 1. The number of aryl methyl sites for hydroxylation is 1. The summed E-state index contributed by atoms with van der Waals surface area (Å²) in [7, 11) is 1.64. The molecular weight excluding hydrogens is 302 g/mol. The van der Waals surface area contributed by atoms with Crippen LogP contribution in [-0.2, 0) is 6.42 Å². The summed E-state index contributed by atoms with van der Waals surface area (Å²) < 4.78 is 6.86. The van der Waals surface area contributed by atoms with Crippen LogP contribution < -0.4 is 10.1 Å². The van der Waals surface area contributed by atoms with Crippen LogP contribution in [0.1, 0.15) is 21.2 Å². The fraction of sp³-hybridized carbons (Fsp3) is 0.286. The summed E-state index contributed by atoms with van der Waals surface area (Å²) in [5.41, 5.74) is 1.05. The van der Waals surface area contributed by atoms with E-state index in [1.165, 1.54) is 11.3 Å². The predicted octanol–water partition coefficient (Wildman–Crippen LogP) is 1.48. The zero-order valence-electron chi connectivity index (χ0n) is 12.2. The lowest BCUT2D eigenvalue weighted by molar-refractivity contribution is 0.0952. The largest absolute Gasteiger partial charge is 0.496 e. The van der Waals surface area contributed by atoms with Gasteiger partial charge in [0.15, 0.2) is 5.82 Å². The van der Waals surface area contributed by atoms with Crippen molar-refractivity contribution in [1.29, 1.82) is 0 Å². The van der Waals surface area contributed by atoms with E-state index in [9.17, 15) is 4.79 Å². The molecule has 0 bridgehead atoms. The Labute approximate surface area is 130 Å². The highest BCUT2D eigenvalue weighted by molar-refractivity contribution is 7.18. The average Bonchev–Trinajstić information content (AvgIpc) is 3.10. The van der Waals surface area contributed by atoms with Gasteiger partial charge in [-0.3, -0.25) is 4.79 Å². The Morgan fingerprint density at radius 3 is 2.95 bits per heavy atom. The second-order valence-corrected chi connectivity index (χ2v) is 5.62. The van der Waals surface area contributed by atoms with Gasteiger partial charge in [-0.15, -0.1) is 15.3 Å². The van der Waals surface area contributed by atoms with Crippen molar-refractivity contribution >= 4 is 22.2 Å². The lowest BCUT2D eigenvalue weighted by Crippen LogP contribution is -2.25. The van der Waals surface area contributed by atoms with E-state index in [1.807, 2.05) is 24.3 Å². The molecule has 0 radical (unpaired) electrons. The van der Waals surface area contributed by atoms with Crippen molar-refractivity contribution in [1.82, 2.24) is 25.1 Å². The maximum Gasteiger partial charge on any atom is 0.282 e. The highest BCUT2D eigenvalue weighted by Gasteiger charge is 2.15. The molecule has 0 aliphatic carbocycles. The van der Waals surface area contributed by atoms with E-state index in [4.69, 9.17) is 4.74 Å². The number of para-hydroxylation sites is 1. The first kappa shape index (κ1) is 14.5. The van der Waals surface area contributed by atoms with Crippen molar-refractivity contribution in [2.45, 2.75) is 13.3 Å². The number of hydrogen-bond donors (Lipinski definition) is 1. The number of amides is 1. The summed E-state index contributed by atoms with van der Waals surface area (Å²) in [5, 5.41) is 15.3. The number of fused-ring (bicyclic) bond motifs is 1. The second-order valence-electron chi connectivity index (χ2n) is 4.67. The van der Waals surface area contributed by atoms with Gasteiger partial charge >= 0.3 is 0 Å². The second kappa shape index (κ2) is 6.10. The van der Waals surface area contributed by atoms with Crippen LogP contribution in [0.25, 0.3) is 4.96 Å². The first-order chi connectivity index (χ1) is 10.7. The lowest BCUT2D eigenvalue weighted by Gasteiger charge is -2.08. The van der Waals surface area contributed by atoms with Crippen LogP contribution in [0.5, 0.6) is 5.75 Å². The van der Waals surface area contributed by atoms with Crippen molar-refractivity contribution in [2.75, 3.05) is 13.7 Å². The van der Waals surface area contributed by atoms with Crippen molar-refractivity contribution in [3.8, 4) is 5.75 Å². The zero-order chi connectivity index (χ0) is 15.5. The quantitative estimate of drug-likeness (QED) is 0.771. The van der Waals surface area contributed by atoms with E-state index >= 15 is 0 Å². The number of ether oxygens (including phenoxy) is 1. The predicted molar refractivity (Wildman–Crippen MR) is 82.4 cm³/mol. The van der Waals surface area contributed by atoms with Crippen LogP contribution in [-0.4, -0.2) is 39.4 Å². The molecule has 0 saturated heterocycles. The molecule has 0 aliphatic heterocycles. The molecular formula is C14H15N5O2S. The zero-order valence-corrected chi connectivity index (χ0v) is 13.1. The van der Waals surface area contributed by atoms with E-state index in [0.717, 1.165) is 11.3 Å². The van der Waals surface area contributed by atoms with Crippen LogP contribution in [0.3, 0.4) is 0 Å². The number of nitrogens with one attached hydrogen (secondary N) is 1. The molecule has 0 unspecified atom stereocenters. The van der Waals surface area contributed by atoms with Gasteiger partial charge in [0, 0.05) is 6.54 Å². The fourth-order valence-corrected chi connectivity index (χ4v) is 2.90. The Hall–Kier alpha value is -2.48. The molecule has 1 N–H and O–H groups in total. The molecule has 0 fully saturated rings. The van der Waals surface area contributed by atoms with E-state index in [1.54, 1.807) is 18.5 Å². The molecule has 1 aromatic carbocycles. The van der Waals surface area contributed by atoms with Gasteiger partial charge in [-0.1, -0.05) is 29.5 Å². The van der Waals surface area contributed by atoms with Crippen LogP contribution in [0, 0.1) is 6.92 Å². The van der Waals surface area contributed by atoms with Gasteiger partial charge < -0.3 is 10.1 Å². The Bertz CT molecular complexity index is 811. The Balaban J connectivity index is 1.62. The summed E-state index contributed by atoms with van der Waals surface area (Å²) in [4.78, 5) is 12.7. The Morgan fingerprint density at radius 1 is 1.36 bits per heavy atom. The molecule has 8 heteroatoms. The number of nitrogens with zero attached hydrogens (tertiary/aromatic N) is 4. The Morgan fingerprint density at radius 2 is 2.18 bits per heavy atom. The average molecular weight is 317 g/mol. The van der Waals surface area contributed by atoms with Gasteiger partial charge in [-0.2, -0.15) is 4.52 Å². The topological polar surface area (TPSA) is 81.4 Å². The summed E-state index contributed by atoms with van der Waals surface area (Å²) in [6, 6.07) is 7.76. The molecule has 3 rings (SSSR count). The molecule has 0 atom stereocenters. The number of aromatic nitrogens is 4. The molecule has 114 valence electrons. The van der Waals surface area contributed by atoms with Gasteiger partial charge in [0.1, 0.15) is 5.75 Å². The normalized spacial score (nSPS) is 10.8. The lowest BCUT2D eigenvalue weighted by atomic mass is 10.1. The molecule has 3 aromatic rings. The summed E-state index contributed by atoms with van der Waals surface area (Å²) in [6.45, 7) is 2.31. The van der Waals surface area contributed by atoms with Gasteiger partial charge in [0.2, 0.25) is 9.97 Å². The molecule has 1 amide bonds. The maximum absolute atomic E-state index is 12.1. The van der Waals surface area contributed by atoms with E-state index < -0.39 is 0 Å². The summed E-state index contributed by atoms with van der Waals surface area (Å²) in [6.07, 6.45) is 0.693. The molecule has 22 heavy (non-hydrogen) atoms. The highest BCUT2D eigenvalue weighted by atomic mass is 32.1. The monoisotopic (exact) mass is 317 g/mol. The first-order valence-electron chi connectivity index (χ1n) is 6.78. The van der Waals surface area contributed by atoms with Crippen molar-refractivity contribution < 1.29 is 9.53 Å². The SMILES string of the molecule is COc1ccccc1CCNC(=O)c1nn2c(C)nnc2s1. The third kappa shape index (κ3) is 2.77. The van der Waals surface area contributed by atoms with E-state index in [2.05, 4.69) is 20.6 Å². The van der Waals surface area contributed by atoms with E-state index in [0.29, 0.717) is 28.8 Å². The number of rotatable bonds is 5. The van der Waals surface area contributed by atoms with Gasteiger partial charge in [0.25, 0.3) is 5.91 Å². The van der Waals surface area contributed by atoms with Crippen molar-refractivity contribution in [3.63, 3.8) is 0 Å². The first-order valence-corrected chi connectivity index (χ1v) is 7.59. The molecule has 2 heterocycles. The fourth-order valence-electron chi connectivity index (χ4n) is 2.10. The summed E-state index contributed by atoms with van der Waals surface area (Å²) >= 11 is 1.22. The van der Waals surface area contributed by atoms with Gasteiger partial charge in [-0.05, 0) is 25.0 Å². The number of carbonyl (C=O) groups is 1. The minimum Gasteiger partial charge on any atom is -0.496 e. The molecule has 0 spiro atoms. The van der Waals surface area contributed by atoms with Crippen LogP contribution in [0.4, 0.5) is 0 Å². The number of hydrogen-bond acceptors (Lipinski definition) is 6. The molecule has 7 nitrogen and oxygen atoms in total. The number of methoxy groups -OCH3 is 1. The van der Waals surface area contributed by atoms with Gasteiger partial charge in [-0.25, -0.2) is 0 Å². The van der Waals surface area contributed by atoms with Crippen LogP contribution >= 0.6 is 11.3 Å². The van der Waals surface area contributed by atoms with Crippen LogP contribution in [0.2, 0.25) is 0 Å². The minimum absolute atomic E-state index is 0.204. The number of carbonyl (C=O) groups excluding carboxylic acids is 1. The highest BCUT2D eigenvalue weighted by Crippen LogP contribution is 2.17. The molecule has 0 aliphatic rings. The maximum atomic E-state index is 12.1. The molecule has 2 aromatic heterocycles. The van der Waals surface area contributed by atoms with Crippen molar-refractivity contribution in [3.05, 3.63) is 40.7 Å². The minimum atomic E-state index is -0.204.